The fourth-order valence-electron chi connectivity index (χ4n) is 3.06. The Morgan fingerprint density at radius 1 is 1.18 bits per heavy atom. The normalized spacial score (nSPS) is 11.6. The Kier molecular flexibility index (Phi) is 7.19. The van der Waals surface area contributed by atoms with Crippen LogP contribution in [0.1, 0.15) is 33.6 Å². The van der Waals surface area contributed by atoms with Gasteiger partial charge in [-0.1, -0.05) is 31.2 Å². The van der Waals surface area contributed by atoms with Crippen LogP contribution in [0.5, 0.6) is 0 Å². The molecule has 0 fully saturated rings. The fourth-order valence-corrected chi connectivity index (χ4v) is 4.08. The third-order valence-corrected chi connectivity index (χ3v) is 5.66. The lowest BCUT2D eigenvalue weighted by molar-refractivity contribution is 0.677. The van der Waals surface area contributed by atoms with E-state index in [9.17, 15) is 0 Å². The maximum atomic E-state index is 4.70. The fraction of sp³-hybridized carbons (Fsp3) is 0.381. The Morgan fingerprint density at radius 3 is 2.68 bits per heavy atom. The summed E-state index contributed by atoms with van der Waals surface area (Å²) in [6, 6.07) is 10.4. The van der Waals surface area contributed by atoms with Crippen molar-refractivity contribution in [3.8, 4) is 0 Å². The van der Waals surface area contributed by atoms with Gasteiger partial charge in [-0.05, 0) is 30.5 Å². The molecule has 3 rings (SSSR count). The predicted molar refractivity (Wildman–Crippen MR) is 116 cm³/mol. The van der Waals surface area contributed by atoms with Crippen molar-refractivity contribution in [2.75, 3.05) is 13.6 Å². The standard InChI is InChI=1S/C21H28N6S/c1-4-19-16(2)28-20(26-19)10-12-23-21(22-3)24-14-17-8-5-6-9-18(17)15-27-13-7-11-25-27/h5-9,11,13H,4,10,12,14-15H2,1-3H3,(H2,22,23,24). The van der Waals surface area contributed by atoms with E-state index in [0.717, 1.165) is 31.9 Å². The first-order chi connectivity index (χ1) is 13.7. The molecule has 0 bridgehead atoms. The molecule has 0 aliphatic rings. The molecule has 2 heterocycles. The second kappa shape index (κ2) is 10.0. The number of benzene rings is 1. The van der Waals surface area contributed by atoms with Crippen LogP contribution in [0.3, 0.4) is 0 Å². The maximum Gasteiger partial charge on any atom is 0.191 e. The topological polar surface area (TPSA) is 67.1 Å². The summed E-state index contributed by atoms with van der Waals surface area (Å²) in [5.41, 5.74) is 3.71. The summed E-state index contributed by atoms with van der Waals surface area (Å²) in [5, 5.41) is 12.3. The van der Waals surface area contributed by atoms with Crippen molar-refractivity contribution in [3.05, 3.63) is 69.4 Å². The first-order valence-electron chi connectivity index (χ1n) is 9.63. The molecule has 3 aromatic rings. The van der Waals surface area contributed by atoms with Gasteiger partial charge in [-0.25, -0.2) is 4.98 Å². The number of nitrogens with one attached hydrogen (secondary N) is 2. The molecule has 0 aliphatic heterocycles. The third kappa shape index (κ3) is 5.42. The molecule has 2 aromatic heterocycles. The lowest BCUT2D eigenvalue weighted by Crippen LogP contribution is -2.38. The zero-order valence-electron chi connectivity index (χ0n) is 16.8. The molecule has 0 spiro atoms. The quantitative estimate of drug-likeness (QED) is 0.453. The Bertz CT molecular complexity index is 898. The van der Waals surface area contributed by atoms with Gasteiger partial charge in [-0.15, -0.1) is 11.3 Å². The Balaban J connectivity index is 1.51. The van der Waals surface area contributed by atoms with E-state index in [4.69, 9.17) is 4.98 Å². The van der Waals surface area contributed by atoms with Crippen molar-refractivity contribution < 1.29 is 0 Å². The molecule has 0 radical (unpaired) electrons. The molecule has 0 saturated heterocycles. The van der Waals surface area contributed by atoms with Crippen LogP contribution in [0, 0.1) is 6.92 Å². The van der Waals surface area contributed by atoms with Gasteiger partial charge >= 0.3 is 0 Å². The van der Waals surface area contributed by atoms with Gasteiger partial charge in [-0.2, -0.15) is 5.10 Å². The Morgan fingerprint density at radius 2 is 2.00 bits per heavy atom. The van der Waals surface area contributed by atoms with Gasteiger partial charge in [0.05, 0.1) is 17.2 Å². The highest BCUT2D eigenvalue weighted by atomic mass is 32.1. The van der Waals surface area contributed by atoms with Crippen LogP contribution in [-0.2, 0) is 25.9 Å². The van der Waals surface area contributed by atoms with E-state index in [1.54, 1.807) is 24.6 Å². The van der Waals surface area contributed by atoms with Gasteiger partial charge in [0, 0.05) is 43.8 Å². The van der Waals surface area contributed by atoms with Gasteiger partial charge in [0.1, 0.15) is 0 Å². The molecule has 1 aromatic carbocycles. The first kappa shape index (κ1) is 20.1. The summed E-state index contributed by atoms with van der Waals surface area (Å²) in [4.78, 5) is 10.4. The number of aryl methyl sites for hydroxylation is 2. The number of hydrogen-bond donors (Lipinski definition) is 2. The average Bonchev–Trinajstić information content (AvgIpc) is 3.34. The number of aromatic nitrogens is 3. The van der Waals surface area contributed by atoms with Crippen LogP contribution >= 0.6 is 11.3 Å². The highest BCUT2D eigenvalue weighted by molar-refractivity contribution is 7.11. The molecule has 0 saturated carbocycles. The van der Waals surface area contributed by atoms with Crippen LogP contribution in [-0.4, -0.2) is 34.3 Å². The predicted octanol–water partition coefficient (Wildman–Crippen LogP) is 3.17. The van der Waals surface area contributed by atoms with Gasteiger partial charge in [0.2, 0.25) is 0 Å². The van der Waals surface area contributed by atoms with Crippen LogP contribution < -0.4 is 10.6 Å². The number of guanidine groups is 1. The maximum absolute atomic E-state index is 4.70. The number of aliphatic imine (C=N–C) groups is 1. The van der Waals surface area contributed by atoms with Crippen LogP contribution in [0.4, 0.5) is 0 Å². The van der Waals surface area contributed by atoms with Gasteiger partial charge < -0.3 is 10.6 Å². The molecular formula is C21H28N6S. The monoisotopic (exact) mass is 396 g/mol. The van der Waals surface area contributed by atoms with E-state index in [2.05, 4.69) is 58.8 Å². The lowest BCUT2D eigenvalue weighted by Gasteiger charge is -2.14. The zero-order valence-corrected chi connectivity index (χ0v) is 17.6. The molecule has 2 N–H and O–H groups in total. The molecule has 28 heavy (non-hydrogen) atoms. The Labute approximate surface area is 170 Å². The van der Waals surface area contributed by atoms with Crippen molar-refractivity contribution >= 4 is 17.3 Å². The summed E-state index contributed by atoms with van der Waals surface area (Å²) >= 11 is 1.79. The van der Waals surface area contributed by atoms with E-state index in [1.807, 2.05) is 16.9 Å². The van der Waals surface area contributed by atoms with E-state index in [1.165, 1.54) is 26.7 Å². The summed E-state index contributed by atoms with van der Waals surface area (Å²) < 4.78 is 1.94. The van der Waals surface area contributed by atoms with Gasteiger partial charge in [0.15, 0.2) is 5.96 Å². The van der Waals surface area contributed by atoms with Crippen molar-refractivity contribution in [3.63, 3.8) is 0 Å². The van der Waals surface area contributed by atoms with Crippen molar-refractivity contribution in [1.82, 2.24) is 25.4 Å². The van der Waals surface area contributed by atoms with E-state index < -0.39 is 0 Å². The van der Waals surface area contributed by atoms with Gasteiger partial charge in [-0.3, -0.25) is 9.67 Å². The van der Waals surface area contributed by atoms with Crippen molar-refractivity contribution in [1.29, 1.82) is 0 Å². The number of rotatable bonds is 8. The minimum absolute atomic E-state index is 0.716. The summed E-state index contributed by atoms with van der Waals surface area (Å²) in [6.45, 7) is 6.59. The largest absolute Gasteiger partial charge is 0.356 e. The van der Waals surface area contributed by atoms with Crippen molar-refractivity contribution in [2.24, 2.45) is 4.99 Å². The molecule has 6 nitrogen and oxygen atoms in total. The van der Waals surface area contributed by atoms with Gasteiger partial charge in [0.25, 0.3) is 0 Å². The van der Waals surface area contributed by atoms with E-state index in [0.29, 0.717) is 6.54 Å². The summed E-state index contributed by atoms with van der Waals surface area (Å²) in [7, 11) is 1.80. The average molecular weight is 397 g/mol. The lowest BCUT2D eigenvalue weighted by atomic mass is 10.1. The van der Waals surface area contributed by atoms with E-state index in [-0.39, 0.29) is 0 Å². The third-order valence-electron chi connectivity index (χ3n) is 4.58. The SMILES string of the molecule is CCc1nc(CCNC(=NC)NCc2ccccc2Cn2cccn2)sc1C. The molecular weight excluding hydrogens is 368 g/mol. The molecule has 0 aliphatic carbocycles. The number of nitrogens with zero attached hydrogens (tertiary/aromatic N) is 4. The minimum atomic E-state index is 0.716. The minimum Gasteiger partial charge on any atom is -0.356 e. The van der Waals surface area contributed by atoms with Crippen LogP contribution in [0.25, 0.3) is 0 Å². The first-order valence-corrected chi connectivity index (χ1v) is 10.4. The van der Waals surface area contributed by atoms with Crippen LogP contribution in [0.2, 0.25) is 0 Å². The summed E-state index contributed by atoms with van der Waals surface area (Å²) in [5.74, 6) is 0.804. The molecule has 0 unspecified atom stereocenters. The zero-order chi connectivity index (χ0) is 19.8. The molecule has 0 amide bonds. The van der Waals surface area contributed by atoms with Crippen molar-refractivity contribution in [2.45, 2.75) is 39.8 Å². The van der Waals surface area contributed by atoms with Crippen LogP contribution in [0.15, 0.2) is 47.7 Å². The highest BCUT2D eigenvalue weighted by Gasteiger charge is 2.07. The summed E-state index contributed by atoms with van der Waals surface area (Å²) in [6.07, 6.45) is 5.69. The number of hydrogen-bond acceptors (Lipinski definition) is 4. The Hall–Kier alpha value is -2.67. The number of thiazole rings is 1. The molecule has 148 valence electrons. The molecule has 7 heteroatoms. The van der Waals surface area contributed by atoms with E-state index >= 15 is 0 Å². The molecule has 0 atom stereocenters. The second-order valence-corrected chi connectivity index (χ2v) is 7.83. The smallest absolute Gasteiger partial charge is 0.191 e. The second-order valence-electron chi connectivity index (χ2n) is 6.54. The highest BCUT2D eigenvalue weighted by Crippen LogP contribution is 2.18.